The second-order valence-corrected chi connectivity index (χ2v) is 6.55. The first-order valence-corrected chi connectivity index (χ1v) is 8.52. The molecule has 1 aliphatic heterocycles. The van der Waals surface area contributed by atoms with Gasteiger partial charge in [0.2, 0.25) is 0 Å². The van der Waals surface area contributed by atoms with Crippen LogP contribution in [0.4, 0.5) is 11.6 Å². The predicted molar refractivity (Wildman–Crippen MR) is 96.7 cm³/mol. The summed E-state index contributed by atoms with van der Waals surface area (Å²) in [4.78, 5) is 22.0. The first-order valence-electron chi connectivity index (χ1n) is 8.52. The van der Waals surface area contributed by atoms with Crippen molar-refractivity contribution in [3.8, 4) is 0 Å². The fourth-order valence-corrected chi connectivity index (χ4v) is 3.49. The number of anilines is 2. The van der Waals surface area contributed by atoms with Crippen LogP contribution in [0.25, 0.3) is 11.0 Å². The van der Waals surface area contributed by atoms with Crippen LogP contribution in [-0.4, -0.2) is 55.9 Å². The number of nitrogens with zero attached hydrogens (tertiary/aromatic N) is 8. The lowest BCUT2D eigenvalue weighted by atomic mass is 10.0. The third kappa shape index (κ3) is 2.88. The van der Waals surface area contributed by atoms with E-state index < -0.39 is 0 Å². The lowest BCUT2D eigenvalue weighted by molar-refractivity contribution is 0.478. The lowest BCUT2D eigenvalue weighted by Crippen LogP contribution is -2.44. The minimum atomic E-state index is 0.469. The molecule has 3 aromatic rings. The number of piperidine rings is 1. The minimum absolute atomic E-state index is 0.469. The third-order valence-corrected chi connectivity index (χ3v) is 4.97. The summed E-state index contributed by atoms with van der Waals surface area (Å²) in [5.74, 6) is 1.97. The van der Waals surface area contributed by atoms with E-state index in [1.807, 2.05) is 26.2 Å². The Labute approximate surface area is 146 Å². The number of rotatable bonds is 3. The SMILES string of the molecule is Cc1cc(N(C)C2CCN(c3ncnc4c3cnn4C)CC2)ncn1. The lowest BCUT2D eigenvalue weighted by Gasteiger charge is -2.37. The average molecular weight is 338 g/mol. The van der Waals surface area contributed by atoms with Gasteiger partial charge in [0.25, 0.3) is 0 Å². The Bertz CT molecular complexity index is 881. The summed E-state index contributed by atoms with van der Waals surface area (Å²) in [5, 5.41) is 5.32. The summed E-state index contributed by atoms with van der Waals surface area (Å²) in [5.41, 5.74) is 1.87. The van der Waals surface area contributed by atoms with Crippen molar-refractivity contribution in [3.63, 3.8) is 0 Å². The summed E-state index contributed by atoms with van der Waals surface area (Å²) in [6.45, 7) is 3.91. The molecule has 0 unspecified atom stereocenters. The van der Waals surface area contributed by atoms with Gasteiger partial charge in [-0.05, 0) is 19.8 Å². The van der Waals surface area contributed by atoms with Crippen LogP contribution in [0.1, 0.15) is 18.5 Å². The van der Waals surface area contributed by atoms with Crippen LogP contribution in [0, 0.1) is 6.92 Å². The second-order valence-electron chi connectivity index (χ2n) is 6.55. The zero-order valence-corrected chi connectivity index (χ0v) is 14.8. The van der Waals surface area contributed by atoms with Crippen LogP contribution in [-0.2, 0) is 7.05 Å². The highest BCUT2D eigenvalue weighted by molar-refractivity contribution is 5.86. The first-order chi connectivity index (χ1) is 12.1. The van der Waals surface area contributed by atoms with Crippen LogP contribution < -0.4 is 9.80 Å². The molecule has 0 spiro atoms. The molecule has 0 aliphatic carbocycles. The van der Waals surface area contributed by atoms with Gasteiger partial charge >= 0.3 is 0 Å². The fourth-order valence-electron chi connectivity index (χ4n) is 3.49. The summed E-state index contributed by atoms with van der Waals surface area (Å²) >= 11 is 0. The van der Waals surface area contributed by atoms with Gasteiger partial charge in [0, 0.05) is 45.0 Å². The molecule has 3 aromatic heterocycles. The van der Waals surface area contributed by atoms with Crippen molar-refractivity contribution >= 4 is 22.7 Å². The van der Waals surface area contributed by atoms with E-state index in [1.165, 1.54) is 0 Å². The normalized spacial score (nSPS) is 15.7. The molecular formula is C17H22N8. The molecule has 8 nitrogen and oxygen atoms in total. The van der Waals surface area contributed by atoms with Crippen LogP contribution in [0.15, 0.2) is 24.9 Å². The van der Waals surface area contributed by atoms with Crippen LogP contribution in [0.3, 0.4) is 0 Å². The van der Waals surface area contributed by atoms with Crippen LogP contribution in [0.2, 0.25) is 0 Å². The van der Waals surface area contributed by atoms with Gasteiger partial charge in [0.05, 0.1) is 11.6 Å². The number of hydrogen-bond acceptors (Lipinski definition) is 7. The van der Waals surface area contributed by atoms with E-state index in [-0.39, 0.29) is 0 Å². The Hall–Kier alpha value is -2.77. The maximum atomic E-state index is 4.51. The van der Waals surface area contributed by atoms with Gasteiger partial charge in [-0.15, -0.1) is 0 Å². The van der Waals surface area contributed by atoms with E-state index in [0.717, 1.165) is 54.3 Å². The van der Waals surface area contributed by atoms with Crippen LogP contribution in [0.5, 0.6) is 0 Å². The molecular weight excluding hydrogens is 316 g/mol. The maximum Gasteiger partial charge on any atom is 0.163 e. The Morgan fingerprint density at radius 1 is 1.08 bits per heavy atom. The van der Waals surface area contributed by atoms with Gasteiger partial charge in [-0.1, -0.05) is 0 Å². The van der Waals surface area contributed by atoms with E-state index in [1.54, 1.807) is 17.3 Å². The predicted octanol–water partition coefficient (Wildman–Crippen LogP) is 1.57. The molecule has 1 aliphatic rings. The zero-order chi connectivity index (χ0) is 17.4. The summed E-state index contributed by atoms with van der Waals surface area (Å²) in [7, 11) is 4.02. The van der Waals surface area contributed by atoms with E-state index in [9.17, 15) is 0 Å². The molecule has 0 radical (unpaired) electrons. The first kappa shape index (κ1) is 15.7. The number of hydrogen-bond donors (Lipinski definition) is 0. The topological polar surface area (TPSA) is 75.9 Å². The average Bonchev–Trinajstić information content (AvgIpc) is 3.03. The molecule has 4 heterocycles. The van der Waals surface area contributed by atoms with E-state index in [2.05, 4.69) is 41.9 Å². The highest BCUT2D eigenvalue weighted by Crippen LogP contribution is 2.27. The molecule has 0 N–H and O–H groups in total. The Balaban J connectivity index is 1.49. The highest BCUT2D eigenvalue weighted by Gasteiger charge is 2.25. The van der Waals surface area contributed by atoms with Crippen molar-refractivity contribution in [3.05, 3.63) is 30.6 Å². The van der Waals surface area contributed by atoms with Crippen molar-refractivity contribution in [2.24, 2.45) is 7.05 Å². The second kappa shape index (κ2) is 6.27. The molecule has 130 valence electrons. The molecule has 1 fully saturated rings. The monoisotopic (exact) mass is 338 g/mol. The molecule has 25 heavy (non-hydrogen) atoms. The van der Waals surface area contributed by atoms with Crippen LogP contribution >= 0.6 is 0 Å². The zero-order valence-electron chi connectivity index (χ0n) is 14.8. The quantitative estimate of drug-likeness (QED) is 0.717. The fraction of sp³-hybridized carbons (Fsp3) is 0.471. The number of aromatic nitrogens is 6. The van der Waals surface area contributed by atoms with Gasteiger partial charge < -0.3 is 9.80 Å². The van der Waals surface area contributed by atoms with Gasteiger partial charge in [0.15, 0.2) is 5.65 Å². The summed E-state index contributed by atoms with van der Waals surface area (Å²) < 4.78 is 1.79. The number of aryl methyl sites for hydroxylation is 2. The molecule has 0 saturated carbocycles. The molecule has 0 amide bonds. The van der Waals surface area contributed by atoms with E-state index >= 15 is 0 Å². The third-order valence-electron chi connectivity index (χ3n) is 4.97. The van der Waals surface area contributed by atoms with Crippen molar-refractivity contribution in [2.45, 2.75) is 25.8 Å². The van der Waals surface area contributed by atoms with Crippen molar-refractivity contribution in [1.29, 1.82) is 0 Å². The molecule has 0 bridgehead atoms. The molecule has 4 rings (SSSR count). The maximum absolute atomic E-state index is 4.51. The minimum Gasteiger partial charge on any atom is -0.356 e. The van der Waals surface area contributed by atoms with Gasteiger partial charge in [0.1, 0.15) is 24.3 Å². The standard InChI is InChI=1S/C17H22N8/c1-12-8-15(19-10-18-12)23(2)13-4-6-25(7-5-13)17-14-9-22-24(3)16(14)20-11-21-17/h8-11,13H,4-7H2,1-3H3. The van der Waals surface area contributed by atoms with Gasteiger partial charge in [-0.2, -0.15) is 5.10 Å². The van der Waals surface area contributed by atoms with Crippen molar-refractivity contribution in [2.75, 3.05) is 29.9 Å². The molecule has 1 saturated heterocycles. The van der Waals surface area contributed by atoms with Gasteiger partial charge in [-0.3, -0.25) is 4.68 Å². The Morgan fingerprint density at radius 2 is 1.84 bits per heavy atom. The van der Waals surface area contributed by atoms with Crippen molar-refractivity contribution < 1.29 is 0 Å². The van der Waals surface area contributed by atoms with E-state index in [0.29, 0.717) is 6.04 Å². The molecule has 0 aromatic carbocycles. The van der Waals surface area contributed by atoms with Gasteiger partial charge in [-0.25, -0.2) is 19.9 Å². The highest BCUT2D eigenvalue weighted by atomic mass is 15.3. The largest absolute Gasteiger partial charge is 0.356 e. The molecule has 0 atom stereocenters. The smallest absolute Gasteiger partial charge is 0.163 e. The Morgan fingerprint density at radius 3 is 2.60 bits per heavy atom. The molecule has 8 heteroatoms. The number of fused-ring (bicyclic) bond motifs is 1. The Kier molecular flexibility index (Phi) is 3.95. The summed E-state index contributed by atoms with van der Waals surface area (Å²) in [6, 6.07) is 2.51. The van der Waals surface area contributed by atoms with E-state index in [4.69, 9.17) is 0 Å². The summed E-state index contributed by atoms with van der Waals surface area (Å²) in [6.07, 6.45) is 7.24. The van der Waals surface area contributed by atoms with Crippen molar-refractivity contribution in [1.82, 2.24) is 29.7 Å².